The van der Waals surface area contributed by atoms with E-state index in [1.54, 1.807) is 10.9 Å². The number of pyridine rings is 1. The van der Waals surface area contributed by atoms with E-state index in [0.717, 1.165) is 40.4 Å². The van der Waals surface area contributed by atoms with Crippen LogP contribution in [-0.4, -0.2) is 44.1 Å². The van der Waals surface area contributed by atoms with Gasteiger partial charge in [-0.05, 0) is 42.0 Å². The molecule has 0 aliphatic heterocycles. The molecule has 1 amide bonds. The number of aromatic nitrogens is 4. The highest BCUT2D eigenvalue weighted by Gasteiger charge is 2.31. The van der Waals surface area contributed by atoms with Crippen molar-refractivity contribution in [2.75, 3.05) is 13.2 Å². The Morgan fingerprint density at radius 1 is 1.09 bits per heavy atom. The molecule has 0 radical (unpaired) electrons. The van der Waals surface area contributed by atoms with E-state index in [9.17, 15) is 9.90 Å². The Balaban J connectivity index is 1.32. The molecule has 0 spiro atoms. The number of hydrogen-bond donors (Lipinski definition) is 2. The van der Waals surface area contributed by atoms with Crippen LogP contribution >= 0.6 is 0 Å². The van der Waals surface area contributed by atoms with Crippen molar-refractivity contribution in [3.05, 3.63) is 90.4 Å². The Morgan fingerprint density at radius 2 is 1.94 bits per heavy atom. The van der Waals surface area contributed by atoms with E-state index in [4.69, 9.17) is 0 Å². The number of fused-ring (bicyclic) bond motifs is 1. The number of nitrogens with zero attached hydrogens (tertiary/aromatic N) is 4. The Kier molecular flexibility index (Phi) is 5.71. The van der Waals surface area contributed by atoms with Gasteiger partial charge in [0.25, 0.3) is 5.91 Å². The molecule has 0 atom stereocenters. The monoisotopic (exact) mass is 439 g/mol. The second-order valence-corrected chi connectivity index (χ2v) is 8.62. The van der Waals surface area contributed by atoms with Crippen molar-refractivity contribution in [1.82, 2.24) is 25.3 Å². The molecule has 1 aliphatic carbocycles. The lowest BCUT2D eigenvalue weighted by molar-refractivity contribution is 0.0887. The molecule has 0 saturated carbocycles. The smallest absolute Gasteiger partial charge is 0.251 e. The minimum atomic E-state index is -0.290. The summed E-state index contributed by atoms with van der Waals surface area (Å²) < 4.78 is 1.74. The summed E-state index contributed by atoms with van der Waals surface area (Å²) in [6.07, 6.45) is 11.2. The van der Waals surface area contributed by atoms with Gasteiger partial charge in [0, 0.05) is 40.9 Å². The zero-order chi connectivity index (χ0) is 22.7. The summed E-state index contributed by atoms with van der Waals surface area (Å²) in [4.78, 5) is 17.1. The van der Waals surface area contributed by atoms with Gasteiger partial charge in [0.15, 0.2) is 0 Å². The summed E-state index contributed by atoms with van der Waals surface area (Å²) in [6, 6.07) is 15.6. The van der Waals surface area contributed by atoms with Gasteiger partial charge in [-0.15, -0.1) is 5.10 Å². The average molecular weight is 440 g/mol. The standard InChI is InChI=1S/C26H25N5O2/c32-18-26(10-3-4-11-26)17-28-25(33)23-6-2-1-5-22(23)15-31-16-24(29-30-31)20-7-8-21-14-27-12-9-19(21)13-20/h1-9,12-14,16,32H,10-11,15,17-18H2,(H,28,33). The van der Waals surface area contributed by atoms with E-state index in [2.05, 4.69) is 38.8 Å². The van der Waals surface area contributed by atoms with Gasteiger partial charge in [-0.1, -0.05) is 47.7 Å². The number of allylic oxidation sites excluding steroid dienone is 2. The van der Waals surface area contributed by atoms with Crippen LogP contribution < -0.4 is 5.32 Å². The molecule has 0 fully saturated rings. The Bertz CT molecular complexity index is 1320. The van der Waals surface area contributed by atoms with Crippen molar-refractivity contribution in [3.63, 3.8) is 0 Å². The summed E-state index contributed by atoms with van der Waals surface area (Å²) in [5.41, 5.74) is 2.92. The number of aliphatic hydroxyl groups excluding tert-OH is 1. The summed E-state index contributed by atoms with van der Waals surface area (Å²) in [7, 11) is 0. The molecule has 4 aromatic rings. The molecule has 1 aliphatic rings. The van der Waals surface area contributed by atoms with Crippen LogP contribution in [0, 0.1) is 5.41 Å². The molecule has 2 aromatic carbocycles. The first-order chi connectivity index (χ1) is 16.2. The number of amides is 1. The van der Waals surface area contributed by atoms with Crippen molar-refractivity contribution in [2.45, 2.75) is 19.4 Å². The van der Waals surface area contributed by atoms with E-state index in [-0.39, 0.29) is 17.9 Å². The van der Waals surface area contributed by atoms with Crippen LogP contribution in [0.25, 0.3) is 22.0 Å². The summed E-state index contributed by atoms with van der Waals surface area (Å²) in [6.45, 7) is 0.921. The van der Waals surface area contributed by atoms with Crippen LogP contribution in [0.3, 0.4) is 0 Å². The number of nitrogens with one attached hydrogen (secondary N) is 1. The highest BCUT2D eigenvalue weighted by Crippen LogP contribution is 2.32. The minimum absolute atomic E-state index is 0.0505. The topological polar surface area (TPSA) is 92.9 Å². The lowest BCUT2D eigenvalue weighted by atomic mass is 9.86. The van der Waals surface area contributed by atoms with Crippen molar-refractivity contribution >= 4 is 16.7 Å². The first-order valence-electron chi connectivity index (χ1n) is 11.0. The molecule has 33 heavy (non-hydrogen) atoms. The maximum absolute atomic E-state index is 13.0. The third kappa shape index (κ3) is 4.40. The van der Waals surface area contributed by atoms with E-state index >= 15 is 0 Å². The summed E-state index contributed by atoms with van der Waals surface area (Å²) in [5, 5.41) is 23.6. The third-order valence-corrected chi connectivity index (χ3v) is 6.30. The highest BCUT2D eigenvalue weighted by atomic mass is 16.3. The molecular weight excluding hydrogens is 414 g/mol. The molecule has 0 bridgehead atoms. The Labute approximate surface area is 191 Å². The first-order valence-corrected chi connectivity index (χ1v) is 11.0. The molecule has 2 heterocycles. The maximum atomic E-state index is 13.0. The molecule has 7 heteroatoms. The second kappa shape index (κ2) is 8.96. The van der Waals surface area contributed by atoms with Crippen LogP contribution in [0.4, 0.5) is 0 Å². The lowest BCUT2D eigenvalue weighted by Crippen LogP contribution is -2.38. The molecule has 166 valence electrons. The van der Waals surface area contributed by atoms with E-state index < -0.39 is 0 Å². The minimum Gasteiger partial charge on any atom is -0.396 e. The van der Waals surface area contributed by atoms with Crippen molar-refractivity contribution in [1.29, 1.82) is 0 Å². The lowest BCUT2D eigenvalue weighted by Gasteiger charge is -2.26. The van der Waals surface area contributed by atoms with E-state index in [1.165, 1.54) is 0 Å². The molecule has 2 N–H and O–H groups in total. The average Bonchev–Trinajstić information content (AvgIpc) is 3.53. The van der Waals surface area contributed by atoms with Crippen LogP contribution in [-0.2, 0) is 6.54 Å². The van der Waals surface area contributed by atoms with Crippen LogP contribution in [0.5, 0.6) is 0 Å². The fourth-order valence-corrected chi connectivity index (χ4v) is 4.25. The number of hydrogen-bond acceptors (Lipinski definition) is 5. The fraction of sp³-hybridized carbons (Fsp3) is 0.231. The van der Waals surface area contributed by atoms with Crippen LogP contribution in [0.1, 0.15) is 28.8 Å². The SMILES string of the molecule is O=C(NCC1(CO)CC=CC1)c1ccccc1Cn1cc(-c2ccc3cnccc3c2)nn1. The van der Waals surface area contributed by atoms with Gasteiger partial charge < -0.3 is 10.4 Å². The number of benzene rings is 2. The number of rotatable bonds is 7. The fourth-order valence-electron chi connectivity index (χ4n) is 4.25. The van der Waals surface area contributed by atoms with E-state index in [0.29, 0.717) is 18.7 Å². The summed E-state index contributed by atoms with van der Waals surface area (Å²) in [5.74, 6) is -0.145. The van der Waals surface area contributed by atoms with Gasteiger partial charge in [0.1, 0.15) is 5.69 Å². The van der Waals surface area contributed by atoms with Gasteiger partial charge in [0.2, 0.25) is 0 Å². The van der Waals surface area contributed by atoms with Crippen LogP contribution in [0.15, 0.2) is 79.3 Å². The quantitative estimate of drug-likeness (QED) is 0.429. The van der Waals surface area contributed by atoms with E-state index in [1.807, 2.05) is 54.9 Å². The number of aliphatic hydroxyl groups is 1. The van der Waals surface area contributed by atoms with Gasteiger partial charge in [-0.25, -0.2) is 4.68 Å². The van der Waals surface area contributed by atoms with Gasteiger partial charge in [-0.2, -0.15) is 0 Å². The molecule has 5 rings (SSSR count). The van der Waals surface area contributed by atoms with Gasteiger partial charge >= 0.3 is 0 Å². The van der Waals surface area contributed by atoms with Gasteiger partial charge in [0.05, 0.1) is 19.3 Å². The molecule has 7 nitrogen and oxygen atoms in total. The molecular formula is C26H25N5O2. The summed E-state index contributed by atoms with van der Waals surface area (Å²) >= 11 is 0. The number of carbonyl (C=O) groups is 1. The van der Waals surface area contributed by atoms with Crippen molar-refractivity contribution < 1.29 is 9.90 Å². The molecule has 0 saturated heterocycles. The predicted molar refractivity (Wildman–Crippen MR) is 127 cm³/mol. The first kappa shape index (κ1) is 21.0. The number of carbonyl (C=O) groups excluding carboxylic acids is 1. The largest absolute Gasteiger partial charge is 0.396 e. The normalized spacial score (nSPS) is 14.6. The molecule has 0 unspecified atom stereocenters. The van der Waals surface area contributed by atoms with Crippen molar-refractivity contribution in [2.24, 2.45) is 5.41 Å². The zero-order valence-corrected chi connectivity index (χ0v) is 18.2. The Hall–Kier alpha value is -3.84. The van der Waals surface area contributed by atoms with Crippen LogP contribution in [0.2, 0.25) is 0 Å². The maximum Gasteiger partial charge on any atom is 0.251 e. The van der Waals surface area contributed by atoms with Crippen molar-refractivity contribution in [3.8, 4) is 11.3 Å². The van der Waals surface area contributed by atoms with Gasteiger partial charge in [-0.3, -0.25) is 9.78 Å². The molecule has 2 aromatic heterocycles. The third-order valence-electron chi connectivity index (χ3n) is 6.30. The Morgan fingerprint density at radius 3 is 2.79 bits per heavy atom. The zero-order valence-electron chi connectivity index (χ0n) is 18.2. The predicted octanol–water partition coefficient (Wildman–Crippen LogP) is 3.60. The highest BCUT2D eigenvalue weighted by molar-refractivity contribution is 5.95. The second-order valence-electron chi connectivity index (χ2n) is 8.62.